The first-order chi connectivity index (χ1) is 13.8. The van der Waals surface area contributed by atoms with E-state index >= 15 is 0 Å². The van der Waals surface area contributed by atoms with Crippen LogP contribution in [0.4, 0.5) is 0 Å². The molecular weight excluding hydrogens is 396 g/mol. The summed E-state index contributed by atoms with van der Waals surface area (Å²) in [6.45, 7) is 0.345. The molecule has 0 bridgehead atoms. The van der Waals surface area contributed by atoms with E-state index in [9.17, 15) is 18.0 Å². The first-order valence-electron chi connectivity index (χ1n) is 9.20. The third-order valence-corrected chi connectivity index (χ3v) is 7.52. The summed E-state index contributed by atoms with van der Waals surface area (Å²) < 4.78 is 40.2. The zero-order chi connectivity index (χ0) is 20.4. The summed E-state index contributed by atoms with van der Waals surface area (Å²) in [5.74, 6) is -0.0961. The molecule has 3 aromatic rings. The second-order valence-electron chi connectivity index (χ2n) is 7.53. The number of carbonyl (C=O) groups excluding carboxylic acids is 1. The minimum absolute atomic E-state index is 0.0408. The number of ketones is 1. The first-order valence-corrected chi connectivity index (χ1v) is 10.6. The molecule has 0 radical (unpaired) electrons. The summed E-state index contributed by atoms with van der Waals surface area (Å²) in [5, 5.41) is 0. The van der Waals surface area contributed by atoms with E-state index in [4.69, 9.17) is 9.15 Å². The summed E-state index contributed by atoms with van der Waals surface area (Å²) >= 11 is 0. The van der Waals surface area contributed by atoms with Crippen LogP contribution < -0.4 is 10.5 Å². The smallest absolute Gasteiger partial charge is 0.419 e. The van der Waals surface area contributed by atoms with Gasteiger partial charge in [0.25, 0.3) is 0 Å². The second kappa shape index (κ2) is 6.04. The van der Waals surface area contributed by atoms with Crippen LogP contribution in [-0.2, 0) is 17.1 Å². The van der Waals surface area contributed by atoms with Gasteiger partial charge in [0.2, 0.25) is 10.0 Å². The highest BCUT2D eigenvalue weighted by atomic mass is 32.2. The minimum atomic E-state index is -3.82. The molecule has 1 fully saturated rings. The van der Waals surface area contributed by atoms with Crippen LogP contribution in [0.5, 0.6) is 5.75 Å². The Bertz CT molecular complexity index is 1320. The molecule has 5 rings (SSSR count). The molecule has 1 spiro atoms. The van der Waals surface area contributed by atoms with Gasteiger partial charge in [0.1, 0.15) is 11.4 Å². The fourth-order valence-electron chi connectivity index (χ4n) is 4.10. The van der Waals surface area contributed by atoms with Crippen LogP contribution in [0.15, 0.2) is 56.6 Å². The number of hydrogen-bond acceptors (Lipinski definition) is 6. The van der Waals surface area contributed by atoms with Crippen LogP contribution in [0.25, 0.3) is 11.1 Å². The number of benzene rings is 2. The molecule has 1 unspecified atom stereocenters. The van der Waals surface area contributed by atoms with E-state index in [1.165, 1.54) is 34.1 Å². The van der Waals surface area contributed by atoms with E-state index in [0.717, 1.165) is 0 Å². The quantitative estimate of drug-likeness (QED) is 0.635. The Balaban J connectivity index is 1.47. The highest BCUT2D eigenvalue weighted by molar-refractivity contribution is 7.89. The molecule has 29 heavy (non-hydrogen) atoms. The van der Waals surface area contributed by atoms with Crippen LogP contribution in [-0.4, -0.2) is 41.8 Å². The van der Waals surface area contributed by atoms with Crippen molar-refractivity contribution in [3.05, 3.63) is 58.6 Å². The number of aromatic nitrogens is 1. The molecule has 2 aliphatic rings. The van der Waals surface area contributed by atoms with E-state index in [1.54, 1.807) is 24.3 Å². The van der Waals surface area contributed by atoms with Crippen LogP contribution in [0.1, 0.15) is 23.2 Å². The van der Waals surface area contributed by atoms with Crippen molar-refractivity contribution >= 4 is 26.9 Å². The Morgan fingerprint density at radius 2 is 1.90 bits per heavy atom. The molecular formula is C20H18N2O6S. The molecule has 0 aliphatic carbocycles. The number of ether oxygens (including phenoxy) is 1. The molecule has 2 aliphatic heterocycles. The molecule has 0 saturated carbocycles. The number of fused-ring (bicyclic) bond motifs is 2. The standard InChI is InChI=1S/C20H18N2O6S/c1-21-15-10-13(6-7-18(15)27-19(21)24)29(25,26)22-9-8-20(12-22)11-16(23)14-4-2-3-5-17(14)28-20/h2-7,10H,8-9,11-12H2,1H3. The number of sulfonamides is 1. The van der Waals surface area contributed by atoms with Gasteiger partial charge in [0, 0.05) is 20.0 Å². The van der Waals surface area contributed by atoms with Crippen molar-refractivity contribution in [2.45, 2.75) is 23.3 Å². The van der Waals surface area contributed by atoms with Crippen molar-refractivity contribution in [1.29, 1.82) is 0 Å². The van der Waals surface area contributed by atoms with Gasteiger partial charge in [-0.1, -0.05) is 12.1 Å². The third-order valence-electron chi connectivity index (χ3n) is 5.68. The molecule has 1 atom stereocenters. The monoisotopic (exact) mass is 414 g/mol. The van der Waals surface area contributed by atoms with Crippen molar-refractivity contribution in [2.75, 3.05) is 13.1 Å². The van der Waals surface area contributed by atoms with Gasteiger partial charge in [0.05, 0.1) is 28.9 Å². The van der Waals surface area contributed by atoms with Crippen molar-refractivity contribution < 1.29 is 22.4 Å². The van der Waals surface area contributed by atoms with Gasteiger partial charge in [0.15, 0.2) is 11.4 Å². The predicted octanol–water partition coefficient (Wildman–Crippen LogP) is 1.93. The van der Waals surface area contributed by atoms with Gasteiger partial charge in [-0.15, -0.1) is 0 Å². The van der Waals surface area contributed by atoms with Gasteiger partial charge >= 0.3 is 5.76 Å². The number of nitrogens with zero attached hydrogens (tertiary/aromatic N) is 2. The van der Waals surface area contributed by atoms with E-state index in [-0.39, 0.29) is 30.2 Å². The molecule has 1 aromatic heterocycles. The van der Waals surface area contributed by atoms with Gasteiger partial charge < -0.3 is 9.15 Å². The minimum Gasteiger partial charge on any atom is -0.485 e. The Morgan fingerprint density at radius 3 is 2.72 bits per heavy atom. The number of oxazole rings is 1. The fraction of sp³-hybridized carbons (Fsp3) is 0.300. The van der Waals surface area contributed by atoms with Gasteiger partial charge in [-0.25, -0.2) is 13.2 Å². The molecule has 2 aromatic carbocycles. The van der Waals surface area contributed by atoms with E-state index in [2.05, 4.69) is 0 Å². The number of rotatable bonds is 2. The molecule has 150 valence electrons. The van der Waals surface area contributed by atoms with Gasteiger partial charge in [-0.3, -0.25) is 9.36 Å². The average molecular weight is 414 g/mol. The Hall–Kier alpha value is -2.91. The normalized spacial score (nSPS) is 22.2. The molecule has 3 heterocycles. The lowest BCUT2D eigenvalue weighted by Gasteiger charge is -2.34. The third kappa shape index (κ3) is 2.72. The van der Waals surface area contributed by atoms with Crippen molar-refractivity contribution in [1.82, 2.24) is 8.87 Å². The van der Waals surface area contributed by atoms with E-state index < -0.39 is 21.4 Å². The number of hydrogen-bond donors (Lipinski definition) is 0. The molecule has 8 nitrogen and oxygen atoms in total. The molecule has 0 N–H and O–H groups in total. The largest absolute Gasteiger partial charge is 0.485 e. The van der Waals surface area contributed by atoms with E-state index in [0.29, 0.717) is 28.8 Å². The van der Waals surface area contributed by atoms with Crippen LogP contribution in [0.2, 0.25) is 0 Å². The highest BCUT2D eigenvalue weighted by Gasteiger charge is 2.48. The maximum absolute atomic E-state index is 13.2. The van der Waals surface area contributed by atoms with Crippen LogP contribution >= 0.6 is 0 Å². The summed E-state index contributed by atoms with van der Waals surface area (Å²) in [5.41, 5.74) is 0.409. The lowest BCUT2D eigenvalue weighted by Crippen LogP contribution is -2.45. The zero-order valence-corrected chi connectivity index (χ0v) is 16.4. The Labute approximate surface area is 166 Å². The average Bonchev–Trinajstić information content (AvgIpc) is 3.23. The topological polar surface area (TPSA) is 98.8 Å². The van der Waals surface area contributed by atoms with Gasteiger partial charge in [-0.2, -0.15) is 4.31 Å². The number of para-hydroxylation sites is 1. The zero-order valence-electron chi connectivity index (χ0n) is 15.6. The lowest BCUT2D eigenvalue weighted by molar-refractivity contribution is 0.0498. The maximum atomic E-state index is 13.2. The van der Waals surface area contributed by atoms with Crippen LogP contribution in [0, 0.1) is 0 Å². The SMILES string of the molecule is Cn1c(=O)oc2ccc(S(=O)(=O)N3CCC4(CC(=O)c5ccccc5O4)C3)cc21. The van der Waals surface area contributed by atoms with Crippen molar-refractivity contribution in [2.24, 2.45) is 7.05 Å². The number of Topliss-reactive ketones (excluding diaryl/α,β-unsaturated/α-hetero) is 1. The number of aryl methyl sites for hydroxylation is 1. The lowest BCUT2D eigenvalue weighted by atomic mass is 9.89. The Kier molecular flexibility index (Phi) is 3.78. The predicted molar refractivity (Wildman–Crippen MR) is 104 cm³/mol. The molecule has 9 heteroatoms. The summed E-state index contributed by atoms with van der Waals surface area (Å²) in [6.07, 6.45) is 0.573. The van der Waals surface area contributed by atoms with Crippen molar-refractivity contribution in [3.63, 3.8) is 0 Å². The molecule has 1 saturated heterocycles. The van der Waals surface area contributed by atoms with E-state index in [1.807, 2.05) is 0 Å². The summed E-state index contributed by atoms with van der Waals surface area (Å²) in [7, 11) is -2.30. The highest BCUT2D eigenvalue weighted by Crippen LogP contribution is 2.40. The number of carbonyl (C=O) groups is 1. The van der Waals surface area contributed by atoms with Gasteiger partial charge in [-0.05, 0) is 30.3 Å². The second-order valence-corrected chi connectivity index (χ2v) is 9.46. The van der Waals surface area contributed by atoms with Crippen molar-refractivity contribution in [3.8, 4) is 5.75 Å². The maximum Gasteiger partial charge on any atom is 0.419 e. The fourth-order valence-corrected chi connectivity index (χ4v) is 5.64. The van der Waals surface area contributed by atoms with Crippen LogP contribution in [0.3, 0.4) is 0 Å². The summed E-state index contributed by atoms with van der Waals surface area (Å²) in [6, 6.07) is 11.4. The first kappa shape index (κ1) is 18.1. The summed E-state index contributed by atoms with van der Waals surface area (Å²) in [4.78, 5) is 24.3. The molecule has 0 amide bonds. The Morgan fingerprint density at radius 1 is 1.10 bits per heavy atom.